The summed E-state index contributed by atoms with van der Waals surface area (Å²) in [6.45, 7) is 0. The maximum Gasteiger partial charge on any atom is 0.127 e. The Hall–Kier alpha value is -1.22. The van der Waals surface area contributed by atoms with Crippen LogP contribution in [0.25, 0.3) is 0 Å². The third kappa shape index (κ3) is 2.72. The van der Waals surface area contributed by atoms with E-state index in [1.807, 2.05) is 25.2 Å². The molecule has 0 aliphatic heterocycles. The van der Waals surface area contributed by atoms with Gasteiger partial charge in [0.15, 0.2) is 0 Å². The second-order valence-corrected chi connectivity index (χ2v) is 4.60. The maximum absolute atomic E-state index is 5.45. The van der Waals surface area contributed by atoms with Gasteiger partial charge in [0.25, 0.3) is 0 Å². The Morgan fingerprint density at radius 3 is 2.24 bits per heavy atom. The van der Waals surface area contributed by atoms with Crippen molar-refractivity contribution in [1.29, 1.82) is 0 Å². The van der Waals surface area contributed by atoms with Crippen molar-refractivity contribution in [3.63, 3.8) is 0 Å². The summed E-state index contributed by atoms with van der Waals surface area (Å²) in [5.41, 5.74) is 1.15. The minimum Gasteiger partial charge on any atom is -0.496 e. The van der Waals surface area contributed by atoms with Crippen molar-refractivity contribution in [2.45, 2.75) is 25.3 Å². The number of hydrogen-bond acceptors (Lipinski definition) is 3. The van der Waals surface area contributed by atoms with E-state index in [9.17, 15) is 0 Å². The summed E-state index contributed by atoms with van der Waals surface area (Å²) in [7, 11) is 5.42. The van der Waals surface area contributed by atoms with Crippen LogP contribution in [0.5, 0.6) is 11.5 Å². The molecule has 1 atom stereocenters. The van der Waals surface area contributed by atoms with Gasteiger partial charge in [0.2, 0.25) is 0 Å². The predicted octanol–water partition coefficient (Wildman–Crippen LogP) is 2.76. The van der Waals surface area contributed by atoms with Crippen molar-refractivity contribution in [3.8, 4) is 11.5 Å². The molecule has 1 unspecified atom stereocenters. The van der Waals surface area contributed by atoms with Gasteiger partial charge in [-0.1, -0.05) is 18.9 Å². The lowest BCUT2D eigenvalue weighted by atomic mass is 9.99. The van der Waals surface area contributed by atoms with Crippen LogP contribution in [0.15, 0.2) is 18.2 Å². The monoisotopic (exact) mass is 235 g/mol. The van der Waals surface area contributed by atoms with Crippen molar-refractivity contribution in [3.05, 3.63) is 23.8 Å². The van der Waals surface area contributed by atoms with Crippen LogP contribution in [0.2, 0.25) is 0 Å². The van der Waals surface area contributed by atoms with Gasteiger partial charge in [-0.15, -0.1) is 0 Å². The Morgan fingerprint density at radius 1 is 1.24 bits per heavy atom. The van der Waals surface area contributed by atoms with Crippen molar-refractivity contribution in [1.82, 2.24) is 5.32 Å². The Labute approximate surface area is 103 Å². The molecule has 0 aromatic heterocycles. The molecule has 1 saturated carbocycles. The van der Waals surface area contributed by atoms with Crippen LogP contribution in [0.3, 0.4) is 0 Å². The van der Waals surface area contributed by atoms with Crippen LogP contribution in [-0.2, 0) is 0 Å². The minimum absolute atomic E-state index is 0.314. The van der Waals surface area contributed by atoms with Crippen molar-refractivity contribution in [2.24, 2.45) is 5.92 Å². The Morgan fingerprint density at radius 2 is 1.82 bits per heavy atom. The summed E-state index contributed by atoms with van der Waals surface area (Å²) in [4.78, 5) is 0. The summed E-state index contributed by atoms with van der Waals surface area (Å²) >= 11 is 0. The lowest BCUT2D eigenvalue weighted by molar-refractivity contribution is 0.367. The highest BCUT2D eigenvalue weighted by atomic mass is 16.5. The minimum atomic E-state index is 0.314. The first-order chi connectivity index (χ1) is 8.30. The lowest BCUT2D eigenvalue weighted by Gasteiger charge is -2.21. The average molecular weight is 235 g/mol. The van der Waals surface area contributed by atoms with Gasteiger partial charge in [-0.2, -0.15) is 0 Å². The molecule has 1 aliphatic rings. The Balaban J connectivity index is 2.30. The topological polar surface area (TPSA) is 30.5 Å². The highest BCUT2D eigenvalue weighted by Crippen LogP contribution is 2.42. The second kappa shape index (κ2) is 5.41. The second-order valence-electron chi connectivity index (χ2n) is 4.60. The number of hydrogen-bond donors (Lipinski definition) is 1. The maximum atomic E-state index is 5.45. The highest BCUT2D eigenvalue weighted by Gasteiger charge is 2.28. The summed E-state index contributed by atoms with van der Waals surface area (Å²) in [6.07, 6.45) is 3.87. The van der Waals surface area contributed by atoms with Crippen LogP contribution < -0.4 is 14.8 Å². The molecule has 0 radical (unpaired) electrons. The Bertz CT molecular complexity index is 352. The van der Waals surface area contributed by atoms with E-state index in [4.69, 9.17) is 9.47 Å². The molecule has 0 heterocycles. The molecular formula is C14H21NO2. The van der Waals surface area contributed by atoms with Gasteiger partial charge in [-0.3, -0.25) is 0 Å². The van der Waals surface area contributed by atoms with Crippen molar-refractivity contribution < 1.29 is 9.47 Å². The fraction of sp³-hybridized carbons (Fsp3) is 0.571. The molecule has 0 spiro atoms. The van der Waals surface area contributed by atoms with Crippen molar-refractivity contribution in [2.75, 3.05) is 21.3 Å². The largest absolute Gasteiger partial charge is 0.496 e. The fourth-order valence-corrected chi connectivity index (χ4v) is 2.29. The molecule has 3 heteroatoms. The van der Waals surface area contributed by atoms with Gasteiger partial charge < -0.3 is 14.8 Å². The van der Waals surface area contributed by atoms with Gasteiger partial charge >= 0.3 is 0 Å². The molecule has 0 amide bonds. The van der Waals surface area contributed by atoms with E-state index in [1.54, 1.807) is 14.2 Å². The van der Waals surface area contributed by atoms with Crippen LogP contribution in [0.1, 0.15) is 30.9 Å². The van der Waals surface area contributed by atoms with E-state index < -0.39 is 0 Å². The van der Waals surface area contributed by atoms with Gasteiger partial charge in [-0.25, -0.2) is 0 Å². The molecule has 1 aliphatic carbocycles. The molecule has 1 fully saturated rings. The van der Waals surface area contributed by atoms with E-state index in [0.29, 0.717) is 6.04 Å². The first-order valence-corrected chi connectivity index (χ1v) is 6.18. The summed E-state index contributed by atoms with van der Waals surface area (Å²) in [6, 6.07) is 6.27. The van der Waals surface area contributed by atoms with E-state index in [1.165, 1.54) is 12.8 Å². The molecule has 17 heavy (non-hydrogen) atoms. The van der Waals surface area contributed by atoms with Gasteiger partial charge in [-0.05, 0) is 31.5 Å². The Kier molecular flexibility index (Phi) is 3.89. The molecule has 0 bridgehead atoms. The first kappa shape index (κ1) is 12.2. The van der Waals surface area contributed by atoms with E-state index in [0.717, 1.165) is 29.4 Å². The molecular weight excluding hydrogens is 214 g/mol. The van der Waals surface area contributed by atoms with Crippen molar-refractivity contribution >= 4 is 0 Å². The SMILES string of the molecule is CNC(CC1CC1)c1c(OC)cccc1OC. The zero-order chi connectivity index (χ0) is 12.3. The number of benzene rings is 1. The molecule has 1 N–H and O–H groups in total. The molecule has 0 saturated heterocycles. The smallest absolute Gasteiger partial charge is 0.127 e. The standard InChI is InChI=1S/C14H21NO2/c1-15-11(9-10-7-8-10)14-12(16-2)5-4-6-13(14)17-3/h4-6,10-11,15H,7-9H2,1-3H3. The normalized spacial score (nSPS) is 16.6. The lowest BCUT2D eigenvalue weighted by Crippen LogP contribution is -2.18. The summed E-state index contributed by atoms with van der Waals surface area (Å²) in [5, 5.41) is 3.38. The van der Waals surface area contributed by atoms with E-state index in [-0.39, 0.29) is 0 Å². The molecule has 1 aromatic rings. The fourth-order valence-electron chi connectivity index (χ4n) is 2.29. The number of rotatable bonds is 6. The summed E-state index contributed by atoms with van der Waals surface area (Å²) < 4.78 is 10.9. The molecule has 94 valence electrons. The van der Waals surface area contributed by atoms with Crippen LogP contribution in [0, 0.1) is 5.92 Å². The zero-order valence-electron chi connectivity index (χ0n) is 10.8. The van der Waals surface area contributed by atoms with Crippen LogP contribution in [-0.4, -0.2) is 21.3 Å². The number of ether oxygens (including phenoxy) is 2. The molecule has 1 aromatic carbocycles. The van der Waals surface area contributed by atoms with Crippen LogP contribution in [0.4, 0.5) is 0 Å². The molecule has 3 nitrogen and oxygen atoms in total. The molecule has 2 rings (SSSR count). The first-order valence-electron chi connectivity index (χ1n) is 6.18. The van der Waals surface area contributed by atoms with Gasteiger partial charge in [0, 0.05) is 6.04 Å². The predicted molar refractivity (Wildman–Crippen MR) is 68.7 cm³/mol. The highest BCUT2D eigenvalue weighted by molar-refractivity contribution is 5.47. The van der Waals surface area contributed by atoms with E-state index >= 15 is 0 Å². The van der Waals surface area contributed by atoms with Gasteiger partial charge in [0.05, 0.1) is 19.8 Å². The third-order valence-corrected chi connectivity index (χ3v) is 3.43. The number of methoxy groups -OCH3 is 2. The zero-order valence-corrected chi connectivity index (χ0v) is 10.8. The third-order valence-electron chi connectivity index (χ3n) is 3.43. The van der Waals surface area contributed by atoms with Crippen LogP contribution >= 0.6 is 0 Å². The number of nitrogens with one attached hydrogen (secondary N) is 1. The average Bonchev–Trinajstić information content (AvgIpc) is 3.19. The quantitative estimate of drug-likeness (QED) is 0.822. The summed E-state index contributed by atoms with van der Waals surface area (Å²) in [5.74, 6) is 2.68. The van der Waals surface area contributed by atoms with E-state index in [2.05, 4.69) is 5.32 Å². The van der Waals surface area contributed by atoms with Gasteiger partial charge in [0.1, 0.15) is 11.5 Å².